The number of hydrogen-bond donors (Lipinski definition) is 0. The molecule has 1 saturated heterocycles. The highest BCUT2D eigenvalue weighted by molar-refractivity contribution is 9.10. The third kappa shape index (κ3) is 2.64. The van der Waals surface area contributed by atoms with Gasteiger partial charge in [-0.3, -0.25) is 0 Å². The third-order valence-electron chi connectivity index (χ3n) is 4.27. The largest absolute Gasteiger partial charge is 0.353 e. The van der Waals surface area contributed by atoms with Gasteiger partial charge in [0.05, 0.1) is 10.9 Å². The number of halogens is 1. The number of aryl methyl sites for hydroxylation is 2. The van der Waals surface area contributed by atoms with Crippen molar-refractivity contribution in [2.24, 2.45) is 7.05 Å². The average molecular weight is 383 g/mol. The summed E-state index contributed by atoms with van der Waals surface area (Å²) in [5, 5.41) is 0. The number of hydrogen-bond acceptors (Lipinski definition) is 2. The van der Waals surface area contributed by atoms with Crippen LogP contribution < -0.4 is 0 Å². The van der Waals surface area contributed by atoms with Crippen molar-refractivity contribution in [3.63, 3.8) is 0 Å². The van der Waals surface area contributed by atoms with Crippen LogP contribution in [0.3, 0.4) is 0 Å². The van der Waals surface area contributed by atoms with E-state index in [1.165, 1.54) is 0 Å². The van der Waals surface area contributed by atoms with Gasteiger partial charge in [0.25, 0.3) is 0 Å². The molecular weight excluding hydrogens is 364 g/mol. The normalized spacial score (nSPS) is 19.7. The highest BCUT2D eigenvalue weighted by Crippen LogP contribution is 2.37. The molecular formula is C16H19BrN2O2S. The second kappa shape index (κ2) is 5.83. The number of nitrogens with zero attached hydrogens (tertiary/aromatic N) is 2. The van der Waals surface area contributed by atoms with Crippen molar-refractivity contribution in [2.45, 2.75) is 30.7 Å². The number of benzene rings is 1. The molecule has 6 heteroatoms. The van der Waals surface area contributed by atoms with Crippen LogP contribution in [-0.4, -0.2) is 23.8 Å². The zero-order chi connectivity index (χ0) is 15.9. The minimum absolute atomic E-state index is 0.0750. The van der Waals surface area contributed by atoms with E-state index < -0.39 is 10.0 Å². The smallest absolute Gasteiger partial charge is 0.243 e. The van der Waals surface area contributed by atoms with Crippen molar-refractivity contribution in [1.82, 2.24) is 8.87 Å². The molecule has 2 aromatic rings. The van der Waals surface area contributed by atoms with Crippen LogP contribution in [0.4, 0.5) is 0 Å². The van der Waals surface area contributed by atoms with Crippen LogP contribution in [0.2, 0.25) is 0 Å². The van der Waals surface area contributed by atoms with Gasteiger partial charge in [-0.15, -0.1) is 0 Å². The van der Waals surface area contributed by atoms with Gasteiger partial charge in [0.2, 0.25) is 10.0 Å². The van der Waals surface area contributed by atoms with Crippen molar-refractivity contribution in [2.75, 3.05) is 6.54 Å². The Hall–Kier alpha value is -1.11. The van der Waals surface area contributed by atoms with Crippen molar-refractivity contribution < 1.29 is 8.42 Å². The summed E-state index contributed by atoms with van der Waals surface area (Å²) in [6.07, 6.45) is 3.72. The molecule has 1 fully saturated rings. The van der Waals surface area contributed by atoms with Crippen molar-refractivity contribution in [3.05, 3.63) is 52.3 Å². The summed E-state index contributed by atoms with van der Waals surface area (Å²) < 4.78 is 30.6. The Morgan fingerprint density at radius 3 is 2.68 bits per heavy atom. The van der Waals surface area contributed by atoms with E-state index >= 15 is 0 Å². The highest BCUT2D eigenvalue weighted by atomic mass is 79.9. The second-order valence-electron chi connectivity index (χ2n) is 5.73. The molecule has 0 bridgehead atoms. The molecule has 22 heavy (non-hydrogen) atoms. The van der Waals surface area contributed by atoms with Crippen LogP contribution in [0, 0.1) is 6.92 Å². The summed E-state index contributed by atoms with van der Waals surface area (Å²) in [6.45, 7) is 2.48. The Morgan fingerprint density at radius 1 is 1.27 bits per heavy atom. The Labute approximate surface area is 139 Å². The van der Waals surface area contributed by atoms with Gasteiger partial charge in [0.1, 0.15) is 0 Å². The molecule has 0 radical (unpaired) electrons. The SMILES string of the molecule is Cc1cc(S(=O)(=O)N2CCC[C@H]2c2cccn2C)ccc1Br. The molecule has 1 aromatic carbocycles. The van der Waals surface area contributed by atoms with E-state index in [0.29, 0.717) is 11.4 Å². The first-order valence-electron chi connectivity index (χ1n) is 7.30. The maximum absolute atomic E-state index is 13.0. The van der Waals surface area contributed by atoms with E-state index in [1.54, 1.807) is 22.5 Å². The highest BCUT2D eigenvalue weighted by Gasteiger charge is 2.37. The van der Waals surface area contributed by atoms with E-state index in [4.69, 9.17) is 0 Å². The van der Waals surface area contributed by atoms with Crippen LogP contribution >= 0.6 is 15.9 Å². The minimum Gasteiger partial charge on any atom is -0.353 e. The Bertz CT molecular complexity index is 798. The van der Waals surface area contributed by atoms with E-state index in [0.717, 1.165) is 28.6 Å². The molecule has 118 valence electrons. The van der Waals surface area contributed by atoms with Gasteiger partial charge in [-0.1, -0.05) is 15.9 Å². The predicted octanol–water partition coefficient (Wildman–Crippen LogP) is 3.62. The molecule has 0 aliphatic carbocycles. The quantitative estimate of drug-likeness (QED) is 0.813. The van der Waals surface area contributed by atoms with Gasteiger partial charge in [-0.05, 0) is 55.7 Å². The standard InChI is InChI=1S/C16H19BrN2O2S/c1-12-11-13(7-8-14(12)17)22(20,21)19-10-4-6-16(19)15-5-3-9-18(15)2/h3,5,7-9,11,16H,4,6,10H2,1-2H3/t16-/m0/s1. The predicted molar refractivity (Wildman–Crippen MR) is 90.2 cm³/mol. The van der Waals surface area contributed by atoms with Crippen molar-refractivity contribution >= 4 is 26.0 Å². The fraction of sp³-hybridized carbons (Fsp3) is 0.375. The summed E-state index contributed by atoms with van der Waals surface area (Å²) in [5.74, 6) is 0. The molecule has 1 aliphatic rings. The lowest BCUT2D eigenvalue weighted by molar-refractivity contribution is 0.384. The van der Waals surface area contributed by atoms with Gasteiger partial charge in [0.15, 0.2) is 0 Å². The molecule has 4 nitrogen and oxygen atoms in total. The topological polar surface area (TPSA) is 42.3 Å². The summed E-state index contributed by atoms with van der Waals surface area (Å²) in [7, 11) is -1.51. The number of sulfonamides is 1. The lowest BCUT2D eigenvalue weighted by Crippen LogP contribution is -2.31. The zero-order valence-corrected chi connectivity index (χ0v) is 15.1. The molecule has 0 amide bonds. The lowest BCUT2D eigenvalue weighted by Gasteiger charge is -2.25. The Morgan fingerprint density at radius 2 is 2.05 bits per heavy atom. The molecule has 1 aromatic heterocycles. The van der Waals surface area contributed by atoms with E-state index in [1.807, 2.05) is 36.9 Å². The van der Waals surface area contributed by atoms with Crippen LogP contribution in [0.25, 0.3) is 0 Å². The van der Waals surface area contributed by atoms with E-state index in [-0.39, 0.29) is 6.04 Å². The Kier molecular flexibility index (Phi) is 4.18. The monoisotopic (exact) mass is 382 g/mol. The van der Waals surface area contributed by atoms with Gasteiger partial charge in [0, 0.05) is 30.0 Å². The summed E-state index contributed by atoms with van der Waals surface area (Å²) in [6, 6.07) is 9.10. The molecule has 2 heterocycles. The molecule has 0 saturated carbocycles. The van der Waals surface area contributed by atoms with Crippen LogP contribution in [0.5, 0.6) is 0 Å². The molecule has 0 unspecified atom stereocenters. The van der Waals surface area contributed by atoms with Gasteiger partial charge >= 0.3 is 0 Å². The van der Waals surface area contributed by atoms with Crippen molar-refractivity contribution in [1.29, 1.82) is 0 Å². The van der Waals surface area contributed by atoms with E-state index in [2.05, 4.69) is 15.9 Å². The summed E-state index contributed by atoms with van der Waals surface area (Å²) in [5.41, 5.74) is 1.98. The molecule has 0 N–H and O–H groups in total. The van der Waals surface area contributed by atoms with Crippen LogP contribution in [0.1, 0.15) is 30.1 Å². The first-order chi connectivity index (χ1) is 10.4. The Balaban J connectivity index is 2.00. The third-order valence-corrected chi connectivity index (χ3v) is 7.06. The van der Waals surface area contributed by atoms with Gasteiger partial charge in [-0.2, -0.15) is 4.31 Å². The molecule has 1 aliphatic heterocycles. The maximum atomic E-state index is 13.0. The fourth-order valence-corrected chi connectivity index (χ4v) is 5.06. The first kappa shape index (κ1) is 15.8. The van der Waals surface area contributed by atoms with Crippen LogP contribution in [-0.2, 0) is 17.1 Å². The number of aromatic nitrogens is 1. The summed E-state index contributed by atoms with van der Waals surface area (Å²) >= 11 is 3.42. The average Bonchev–Trinajstić information content (AvgIpc) is 3.10. The first-order valence-corrected chi connectivity index (χ1v) is 9.54. The molecule has 3 rings (SSSR count). The van der Waals surface area contributed by atoms with Crippen LogP contribution in [0.15, 0.2) is 45.9 Å². The van der Waals surface area contributed by atoms with E-state index in [9.17, 15) is 8.42 Å². The minimum atomic E-state index is -3.47. The van der Waals surface area contributed by atoms with Gasteiger partial charge in [-0.25, -0.2) is 8.42 Å². The fourth-order valence-electron chi connectivity index (χ4n) is 3.06. The maximum Gasteiger partial charge on any atom is 0.243 e. The lowest BCUT2D eigenvalue weighted by atomic mass is 10.1. The van der Waals surface area contributed by atoms with Crippen molar-refractivity contribution in [3.8, 4) is 0 Å². The van der Waals surface area contributed by atoms with Gasteiger partial charge < -0.3 is 4.57 Å². The zero-order valence-electron chi connectivity index (χ0n) is 12.7. The summed E-state index contributed by atoms with van der Waals surface area (Å²) in [4.78, 5) is 0.370. The molecule has 1 atom stereocenters. The second-order valence-corrected chi connectivity index (χ2v) is 8.47. The number of rotatable bonds is 3. The molecule has 0 spiro atoms.